The largest absolute Gasteiger partial charge is 0.496 e. The summed E-state index contributed by atoms with van der Waals surface area (Å²) in [4.78, 5) is 11.6. The Bertz CT molecular complexity index is 463. The van der Waals surface area contributed by atoms with E-state index in [1.54, 1.807) is 14.2 Å². The number of benzene rings is 1. The average molecular weight is 267 g/mol. The van der Waals surface area contributed by atoms with Crippen LogP contribution in [0.4, 0.5) is 0 Å². The molecule has 0 aliphatic rings. The smallest absolute Gasteiger partial charge is 0.251 e. The van der Waals surface area contributed by atoms with E-state index in [-0.39, 0.29) is 6.54 Å². The summed E-state index contributed by atoms with van der Waals surface area (Å²) < 4.78 is 10.6. The van der Waals surface area contributed by atoms with Crippen molar-refractivity contribution in [2.75, 3.05) is 14.2 Å². The molecular weight excluding hydrogens is 246 g/mol. The predicted molar refractivity (Wildman–Crippen MR) is 72.4 cm³/mol. The van der Waals surface area contributed by atoms with E-state index in [0.29, 0.717) is 5.75 Å². The molecule has 0 saturated carbocycles. The summed E-state index contributed by atoms with van der Waals surface area (Å²) in [7, 11) is 3.17. The number of aliphatic hydroxyl groups is 1. The number of methoxy groups -OCH3 is 2. The van der Waals surface area contributed by atoms with Crippen molar-refractivity contribution in [3.63, 3.8) is 0 Å². The van der Waals surface area contributed by atoms with Crippen LogP contribution in [0.5, 0.6) is 11.5 Å². The molecule has 0 heterocycles. The third kappa shape index (κ3) is 3.61. The third-order valence-corrected chi connectivity index (χ3v) is 2.86. The zero-order valence-electron chi connectivity index (χ0n) is 12.0. The van der Waals surface area contributed by atoms with E-state index in [1.807, 2.05) is 19.1 Å². The first-order valence-corrected chi connectivity index (χ1v) is 6.02. The van der Waals surface area contributed by atoms with Gasteiger partial charge < -0.3 is 19.9 Å². The van der Waals surface area contributed by atoms with E-state index in [1.165, 1.54) is 13.8 Å². The van der Waals surface area contributed by atoms with Crippen LogP contribution < -0.4 is 14.8 Å². The van der Waals surface area contributed by atoms with Crippen LogP contribution in [0.25, 0.3) is 0 Å². The summed E-state index contributed by atoms with van der Waals surface area (Å²) in [5.74, 6) is 0.979. The molecule has 5 nitrogen and oxygen atoms in total. The van der Waals surface area contributed by atoms with E-state index in [0.717, 1.165) is 16.9 Å². The van der Waals surface area contributed by atoms with Gasteiger partial charge in [-0.05, 0) is 32.9 Å². The van der Waals surface area contributed by atoms with Gasteiger partial charge in [-0.2, -0.15) is 0 Å². The summed E-state index contributed by atoms with van der Waals surface area (Å²) >= 11 is 0. The molecule has 1 aromatic carbocycles. The second-order valence-electron chi connectivity index (χ2n) is 4.83. The third-order valence-electron chi connectivity index (χ3n) is 2.86. The molecule has 0 aliphatic carbocycles. The fraction of sp³-hybridized carbons (Fsp3) is 0.500. The lowest BCUT2D eigenvalue weighted by Gasteiger charge is -2.18. The van der Waals surface area contributed by atoms with E-state index < -0.39 is 11.5 Å². The van der Waals surface area contributed by atoms with Crippen LogP contribution in [0.3, 0.4) is 0 Å². The molecule has 0 aromatic heterocycles. The van der Waals surface area contributed by atoms with Gasteiger partial charge in [0.15, 0.2) is 0 Å². The lowest BCUT2D eigenvalue weighted by Crippen LogP contribution is -2.41. The number of ether oxygens (including phenoxy) is 2. The van der Waals surface area contributed by atoms with Gasteiger partial charge in [-0.3, -0.25) is 4.79 Å². The monoisotopic (exact) mass is 267 g/mol. The van der Waals surface area contributed by atoms with Crippen LogP contribution in [-0.4, -0.2) is 30.8 Å². The van der Waals surface area contributed by atoms with Crippen molar-refractivity contribution in [1.29, 1.82) is 0 Å². The van der Waals surface area contributed by atoms with Gasteiger partial charge in [-0.15, -0.1) is 0 Å². The molecule has 0 spiro atoms. The van der Waals surface area contributed by atoms with Gasteiger partial charge in [0, 0.05) is 17.7 Å². The van der Waals surface area contributed by atoms with Crippen LogP contribution in [0, 0.1) is 6.92 Å². The Kier molecular flexibility index (Phi) is 4.78. The fourth-order valence-electron chi connectivity index (χ4n) is 1.77. The molecule has 0 saturated heterocycles. The topological polar surface area (TPSA) is 67.8 Å². The SMILES string of the molecule is COc1ccc(CNC(=O)C(C)(C)O)c(OC)c1C. The van der Waals surface area contributed by atoms with E-state index >= 15 is 0 Å². The molecule has 0 unspecified atom stereocenters. The van der Waals surface area contributed by atoms with Crippen LogP contribution in [-0.2, 0) is 11.3 Å². The Balaban J connectivity index is 2.91. The quantitative estimate of drug-likeness (QED) is 0.846. The van der Waals surface area contributed by atoms with Gasteiger partial charge in [-0.1, -0.05) is 0 Å². The maximum Gasteiger partial charge on any atom is 0.251 e. The molecule has 1 amide bonds. The summed E-state index contributed by atoms with van der Waals surface area (Å²) in [6.45, 7) is 5.06. The van der Waals surface area contributed by atoms with Gasteiger partial charge in [-0.25, -0.2) is 0 Å². The number of nitrogens with one attached hydrogen (secondary N) is 1. The number of carbonyl (C=O) groups excluding carboxylic acids is 1. The first-order valence-electron chi connectivity index (χ1n) is 6.02. The van der Waals surface area contributed by atoms with Crippen LogP contribution in [0.1, 0.15) is 25.0 Å². The standard InChI is InChI=1S/C14H21NO4/c1-9-11(18-4)7-6-10(12(9)19-5)8-15-13(16)14(2,3)17/h6-7,17H,8H2,1-5H3,(H,15,16). The second kappa shape index (κ2) is 5.93. The molecule has 1 rings (SSSR count). The Hall–Kier alpha value is -1.75. The normalized spacial score (nSPS) is 11.1. The highest BCUT2D eigenvalue weighted by Crippen LogP contribution is 2.31. The molecule has 0 atom stereocenters. The first kappa shape index (κ1) is 15.3. The van der Waals surface area contributed by atoms with Crippen molar-refractivity contribution in [2.24, 2.45) is 0 Å². The average Bonchev–Trinajstić information content (AvgIpc) is 2.34. The number of hydrogen-bond acceptors (Lipinski definition) is 4. The molecule has 19 heavy (non-hydrogen) atoms. The predicted octanol–water partition coefficient (Wildman–Crippen LogP) is 1.40. The van der Waals surface area contributed by atoms with Crippen molar-refractivity contribution < 1.29 is 19.4 Å². The van der Waals surface area contributed by atoms with Crippen molar-refractivity contribution in [3.8, 4) is 11.5 Å². The molecule has 0 aliphatic heterocycles. The Morgan fingerprint density at radius 3 is 2.42 bits per heavy atom. The maximum atomic E-state index is 11.6. The highest BCUT2D eigenvalue weighted by Gasteiger charge is 2.23. The zero-order valence-corrected chi connectivity index (χ0v) is 12.0. The zero-order chi connectivity index (χ0) is 14.6. The molecule has 0 bridgehead atoms. The molecule has 106 valence electrons. The van der Waals surface area contributed by atoms with Crippen molar-refractivity contribution >= 4 is 5.91 Å². The lowest BCUT2D eigenvalue weighted by molar-refractivity contribution is -0.136. The van der Waals surface area contributed by atoms with E-state index in [9.17, 15) is 9.90 Å². The minimum Gasteiger partial charge on any atom is -0.496 e. The summed E-state index contributed by atoms with van der Waals surface area (Å²) in [6, 6.07) is 3.65. The van der Waals surface area contributed by atoms with Gasteiger partial charge >= 0.3 is 0 Å². The molecular formula is C14H21NO4. The molecule has 0 fully saturated rings. The van der Waals surface area contributed by atoms with Crippen molar-refractivity contribution in [1.82, 2.24) is 5.32 Å². The molecule has 5 heteroatoms. The van der Waals surface area contributed by atoms with Crippen LogP contribution in [0.2, 0.25) is 0 Å². The highest BCUT2D eigenvalue weighted by molar-refractivity contribution is 5.83. The van der Waals surface area contributed by atoms with Crippen molar-refractivity contribution in [3.05, 3.63) is 23.3 Å². The number of amides is 1. The van der Waals surface area contributed by atoms with Gasteiger partial charge in [0.2, 0.25) is 0 Å². The molecule has 1 aromatic rings. The Morgan fingerprint density at radius 1 is 1.32 bits per heavy atom. The summed E-state index contributed by atoms with van der Waals surface area (Å²) in [5, 5.41) is 12.2. The molecule has 0 radical (unpaired) electrons. The minimum atomic E-state index is -1.39. The Morgan fingerprint density at radius 2 is 1.95 bits per heavy atom. The van der Waals surface area contributed by atoms with E-state index in [2.05, 4.69) is 5.32 Å². The van der Waals surface area contributed by atoms with Gasteiger partial charge in [0.1, 0.15) is 17.1 Å². The van der Waals surface area contributed by atoms with Gasteiger partial charge in [0.05, 0.1) is 14.2 Å². The fourth-order valence-corrected chi connectivity index (χ4v) is 1.77. The first-order chi connectivity index (χ1) is 8.81. The highest BCUT2D eigenvalue weighted by atomic mass is 16.5. The van der Waals surface area contributed by atoms with Gasteiger partial charge in [0.25, 0.3) is 5.91 Å². The Labute approximate surface area is 113 Å². The van der Waals surface area contributed by atoms with Crippen molar-refractivity contribution in [2.45, 2.75) is 32.9 Å². The summed E-state index contributed by atoms with van der Waals surface area (Å²) in [5.41, 5.74) is 0.313. The molecule has 2 N–H and O–H groups in total. The van der Waals surface area contributed by atoms with Crippen LogP contribution in [0.15, 0.2) is 12.1 Å². The second-order valence-corrected chi connectivity index (χ2v) is 4.83. The van der Waals surface area contributed by atoms with Crippen LogP contribution >= 0.6 is 0 Å². The van der Waals surface area contributed by atoms with E-state index in [4.69, 9.17) is 9.47 Å². The summed E-state index contributed by atoms with van der Waals surface area (Å²) in [6.07, 6.45) is 0. The number of rotatable bonds is 5. The number of hydrogen-bond donors (Lipinski definition) is 2. The lowest BCUT2D eigenvalue weighted by atomic mass is 10.1. The maximum absolute atomic E-state index is 11.6. The minimum absolute atomic E-state index is 0.289. The number of carbonyl (C=O) groups is 1.